The van der Waals surface area contributed by atoms with Crippen LogP contribution in [-0.4, -0.2) is 35.1 Å². The minimum atomic E-state index is 0.422. The van der Waals surface area contributed by atoms with Crippen LogP contribution in [0.1, 0.15) is 32.3 Å². The lowest BCUT2D eigenvalue weighted by Gasteiger charge is -2.27. The molecule has 2 heterocycles. The molecule has 1 fully saturated rings. The fourth-order valence-corrected chi connectivity index (χ4v) is 3.01. The van der Waals surface area contributed by atoms with Gasteiger partial charge in [0.1, 0.15) is 0 Å². The highest BCUT2D eigenvalue weighted by Gasteiger charge is 2.33. The Labute approximate surface area is 110 Å². The van der Waals surface area contributed by atoms with Crippen molar-refractivity contribution in [1.29, 1.82) is 0 Å². The summed E-state index contributed by atoms with van der Waals surface area (Å²) in [4.78, 5) is 0. The topological polar surface area (TPSA) is 39.1 Å². The Hall–Kier alpha value is -0.870. The maximum absolute atomic E-state index is 5.82. The van der Waals surface area contributed by atoms with Crippen molar-refractivity contribution < 1.29 is 4.74 Å². The Morgan fingerprint density at radius 3 is 3.00 bits per heavy atom. The van der Waals surface area contributed by atoms with E-state index >= 15 is 0 Å². The molecule has 0 bridgehead atoms. The first-order chi connectivity index (χ1) is 8.74. The van der Waals surface area contributed by atoms with Crippen molar-refractivity contribution in [1.82, 2.24) is 15.1 Å². The molecular formula is C14H25N3O. The second-order valence-corrected chi connectivity index (χ2v) is 5.16. The van der Waals surface area contributed by atoms with E-state index in [9.17, 15) is 0 Å². The van der Waals surface area contributed by atoms with Crippen molar-refractivity contribution in [3.63, 3.8) is 0 Å². The summed E-state index contributed by atoms with van der Waals surface area (Å²) >= 11 is 0. The minimum absolute atomic E-state index is 0.422. The predicted molar refractivity (Wildman–Crippen MR) is 72.5 cm³/mol. The Balaban J connectivity index is 2.03. The van der Waals surface area contributed by atoms with E-state index in [4.69, 9.17) is 4.74 Å². The number of ether oxygens (including phenoxy) is 1. The monoisotopic (exact) mass is 251 g/mol. The van der Waals surface area contributed by atoms with E-state index in [2.05, 4.69) is 30.5 Å². The standard InChI is InChI=1S/C14H25N3O/c1-4-14-12(6-7-18-14)13(15-5-2)8-11-9-16-17(3)10-11/h9-10,12-15H,4-8H2,1-3H3. The number of nitrogens with one attached hydrogen (secondary N) is 1. The van der Waals surface area contributed by atoms with Crippen LogP contribution < -0.4 is 5.32 Å². The molecule has 102 valence electrons. The van der Waals surface area contributed by atoms with Gasteiger partial charge in [-0.05, 0) is 31.4 Å². The van der Waals surface area contributed by atoms with Crippen molar-refractivity contribution in [3.8, 4) is 0 Å². The third-order valence-corrected chi connectivity index (χ3v) is 3.86. The lowest BCUT2D eigenvalue weighted by molar-refractivity contribution is 0.0776. The molecule has 1 N–H and O–H groups in total. The molecule has 1 saturated heterocycles. The van der Waals surface area contributed by atoms with Gasteiger partial charge in [-0.2, -0.15) is 5.10 Å². The van der Waals surface area contributed by atoms with E-state index in [1.165, 1.54) is 12.0 Å². The van der Waals surface area contributed by atoms with Crippen LogP contribution in [0, 0.1) is 5.92 Å². The molecule has 18 heavy (non-hydrogen) atoms. The Morgan fingerprint density at radius 1 is 1.56 bits per heavy atom. The molecule has 1 aromatic rings. The summed E-state index contributed by atoms with van der Waals surface area (Å²) < 4.78 is 7.70. The average Bonchev–Trinajstić information content (AvgIpc) is 2.97. The minimum Gasteiger partial charge on any atom is -0.378 e. The summed E-state index contributed by atoms with van der Waals surface area (Å²) in [5, 5.41) is 7.88. The van der Waals surface area contributed by atoms with E-state index in [0.29, 0.717) is 18.1 Å². The first kappa shape index (κ1) is 13.6. The van der Waals surface area contributed by atoms with Gasteiger partial charge in [0.25, 0.3) is 0 Å². The van der Waals surface area contributed by atoms with Crippen LogP contribution in [0.2, 0.25) is 0 Å². The molecule has 3 unspecified atom stereocenters. The number of aryl methyl sites for hydroxylation is 1. The SMILES string of the molecule is CCNC(Cc1cnn(C)c1)C1CCOC1CC. The van der Waals surface area contributed by atoms with E-state index in [1.54, 1.807) is 0 Å². The molecule has 1 aliphatic heterocycles. The van der Waals surface area contributed by atoms with Crippen LogP contribution in [-0.2, 0) is 18.2 Å². The van der Waals surface area contributed by atoms with Gasteiger partial charge in [-0.15, -0.1) is 0 Å². The second-order valence-electron chi connectivity index (χ2n) is 5.16. The first-order valence-electron chi connectivity index (χ1n) is 7.07. The molecule has 0 aliphatic carbocycles. The molecule has 4 heteroatoms. The Kier molecular flexibility index (Phi) is 4.78. The van der Waals surface area contributed by atoms with Crippen molar-refractivity contribution in [3.05, 3.63) is 18.0 Å². The zero-order valence-electron chi connectivity index (χ0n) is 11.7. The number of likely N-dealkylation sites (N-methyl/N-ethyl adjacent to an activating group) is 1. The summed E-state index contributed by atoms with van der Waals surface area (Å²) in [7, 11) is 1.97. The molecule has 0 saturated carbocycles. The zero-order chi connectivity index (χ0) is 13.0. The smallest absolute Gasteiger partial charge is 0.0616 e. The van der Waals surface area contributed by atoms with Gasteiger partial charge in [0.05, 0.1) is 12.3 Å². The van der Waals surface area contributed by atoms with Crippen molar-refractivity contribution >= 4 is 0 Å². The third kappa shape index (κ3) is 3.12. The molecular weight excluding hydrogens is 226 g/mol. The predicted octanol–water partition coefficient (Wildman–Crippen LogP) is 1.76. The largest absolute Gasteiger partial charge is 0.378 e. The lowest BCUT2D eigenvalue weighted by atomic mass is 9.88. The molecule has 0 radical (unpaired) electrons. The highest BCUT2D eigenvalue weighted by molar-refractivity contribution is 5.07. The number of rotatable bonds is 6. The van der Waals surface area contributed by atoms with Crippen LogP contribution in [0.15, 0.2) is 12.4 Å². The van der Waals surface area contributed by atoms with E-state index in [-0.39, 0.29) is 0 Å². The molecule has 0 aromatic carbocycles. The van der Waals surface area contributed by atoms with Gasteiger partial charge in [-0.1, -0.05) is 13.8 Å². The summed E-state index contributed by atoms with van der Waals surface area (Å²) in [5.41, 5.74) is 1.31. The first-order valence-corrected chi connectivity index (χ1v) is 7.07. The molecule has 0 amide bonds. The Morgan fingerprint density at radius 2 is 2.39 bits per heavy atom. The molecule has 4 nitrogen and oxygen atoms in total. The second kappa shape index (κ2) is 6.34. The number of aromatic nitrogens is 2. The summed E-state index contributed by atoms with van der Waals surface area (Å²) in [5.74, 6) is 0.634. The van der Waals surface area contributed by atoms with Crippen LogP contribution in [0.25, 0.3) is 0 Å². The maximum atomic E-state index is 5.82. The number of hydrogen-bond acceptors (Lipinski definition) is 3. The molecule has 1 aromatic heterocycles. The van der Waals surface area contributed by atoms with Crippen LogP contribution >= 0.6 is 0 Å². The highest BCUT2D eigenvalue weighted by Crippen LogP contribution is 2.28. The zero-order valence-corrected chi connectivity index (χ0v) is 11.7. The fraction of sp³-hybridized carbons (Fsp3) is 0.786. The van der Waals surface area contributed by atoms with E-state index in [0.717, 1.165) is 26.0 Å². The lowest BCUT2D eigenvalue weighted by Crippen LogP contribution is -2.41. The van der Waals surface area contributed by atoms with E-state index in [1.807, 2.05) is 17.9 Å². The molecule has 3 atom stereocenters. The van der Waals surface area contributed by atoms with E-state index < -0.39 is 0 Å². The van der Waals surface area contributed by atoms with Gasteiger partial charge < -0.3 is 10.1 Å². The van der Waals surface area contributed by atoms with Crippen molar-refractivity contribution in [2.45, 2.75) is 45.3 Å². The van der Waals surface area contributed by atoms with Crippen molar-refractivity contribution in [2.24, 2.45) is 13.0 Å². The summed E-state index contributed by atoms with van der Waals surface area (Å²) in [6, 6.07) is 0.506. The molecule has 2 rings (SSSR count). The summed E-state index contributed by atoms with van der Waals surface area (Å²) in [6.07, 6.45) is 7.84. The number of hydrogen-bond donors (Lipinski definition) is 1. The maximum Gasteiger partial charge on any atom is 0.0616 e. The number of nitrogens with zero attached hydrogens (tertiary/aromatic N) is 2. The van der Waals surface area contributed by atoms with Gasteiger partial charge in [0, 0.05) is 31.8 Å². The van der Waals surface area contributed by atoms with Gasteiger partial charge in [0.15, 0.2) is 0 Å². The quantitative estimate of drug-likeness (QED) is 0.837. The highest BCUT2D eigenvalue weighted by atomic mass is 16.5. The van der Waals surface area contributed by atoms with Crippen LogP contribution in [0.3, 0.4) is 0 Å². The summed E-state index contributed by atoms with van der Waals surface area (Å²) in [6.45, 7) is 6.32. The van der Waals surface area contributed by atoms with Gasteiger partial charge in [0.2, 0.25) is 0 Å². The van der Waals surface area contributed by atoms with Crippen molar-refractivity contribution in [2.75, 3.05) is 13.2 Å². The van der Waals surface area contributed by atoms with Gasteiger partial charge in [-0.3, -0.25) is 4.68 Å². The van der Waals surface area contributed by atoms with Gasteiger partial charge >= 0.3 is 0 Å². The van der Waals surface area contributed by atoms with Crippen LogP contribution in [0.5, 0.6) is 0 Å². The molecule has 1 aliphatic rings. The van der Waals surface area contributed by atoms with Crippen LogP contribution in [0.4, 0.5) is 0 Å². The fourth-order valence-electron chi connectivity index (χ4n) is 3.01. The average molecular weight is 251 g/mol. The third-order valence-electron chi connectivity index (χ3n) is 3.86. The van der Waals surface area contributed by atoms with Gasteiger partial charge in [-0.25, -0.2) is 0 Å². The Bertz CT molecular complexity index is 364. The molecule has 0 spiro atoms. The normalized spacial score (nSPS) is 25.5.